The van der Waals surface area contributed by atoms with E-state index < -0.39 is 17.9 Å². The molecule has 0 bridgehead atoms. The molecule has 1 unspecified atom stereocenters. The Morgan fingerprint density at radius 1 is 1.40 bits per heavy atom. The number of hydrogen-bond donors (Lipinski definition) is 0. The Kier molecular flexibility index (Phi) is 2.77. The molecule has 3 nitrogen and oxygen atoms in total. The van der Waals surface area contributed by atoms with E-state index in [9.17, 15) is 9.59 Å². The van der Waals surface area contributed by atoms with Crippen LogP contribution in [-0.2, 0) is 14.3 Å². The van der Waals surface area contributed by atoms with Crippen molar-refractivity contribution in [2.75, 3.05) is 6.26 Å². The van der Waals surface area contributed by atoms with Crippen molar-refractivity contribution in [3.63, 3.8) is 0 Å². The van der Waals surface area contributed by atoms with Crippen molar-refractivity contribution >= 4 is 23.7 Å². The second kappa shape index (κ2) is 4.06. The van der Waals surface area contributed by atoms with Crippen LogP contribution in [0.5, 0.6) is 0 Å². The molecule has 78 valence electrons. The van der Waals surface area contributed by atoms with Crippen LogP contribution in [0.2, 0.25) is 0 Å². The lowest BCUT2D eigenvalue weighted by molar-refractivity contribution is -0.152. The number of esters is 2. The predicted octanol–water partition coefficient (Wildman–Crippen LogP) is 1.97. The fourth-order valence-electron chi connectivity index (χ4n) is 1.59. The van der Waals surface area contributed by atoms with Crippen LogP contribution in [0, 0.1) is 0 Å². The molecule has 0 amide bonds. The van der Waals surface area contributed by atoms with Gasteiger partial charge in [0.2, 0.25) is 0 Å². The summed E-state index contributed by atoms with van der Waals surface area (Å²) in [6.07, 6.45) is 2.13. The zero-order valence-electron chi connectivity index (χ0n) is 8.23. The second-order valence-corrected chi connectivity index (χ2v) is 4.21. The highest BCUT2D eigenvalue weighted by Crippen LogP contribution is 2.29. The molecular formula is C11H10O3S. The maximum absolute atomic E-state index is 11.3. The summed E-state index contributed by atoms with van der Waals surface area (Å²) in [5.41, 5.74) is 0.859. The van der Waals surface area contributed by atoms with E-state index in [4.69, 9.17) is 0 Å². The maximum atomic E-state index is 11.3. The smallest absolute Gasteiger partial charge is 0.321 e. The molecule has 1 saturated heterocycles. The van der Waals surface area contributed by atoms with Crippen molar-refractivity contribution in [3.05, 3.63) is 29.8 Å². The van der Waals surface area contributed by atoms with Gasteiger partial charge in [-0.1, -0.05) is 12.1 Å². The normalized spacial score (nSPS) is 20.5. The molecule has 1 heterocycles. The Balaban J connectivity index is 2.29. The highest BCUT2D eigenvalue weighted by atomic mass is 32.2. The van der Waals surface area contributed by atoms with Gasteiger partial charge in [-0.05, 0) is 24.0 Å². The SMILES string of the molecule is CSc1cccc(C2CC(=O)OC2=O)c1. The number of cyclic esters (lactones) is 2. The minimum Gasteiger partial charge on any atom is -0.393 e. The summed E-state index contributed by atoms with van der Waals surface area (Å²) < 4.78 is 4.52. The fourth-order valence-corrected chi connectivity index (χ4v) is 2.06. The van der Waals surface area contributed by atoms with Gasteiger partial charge in [-0.25, -0.2) is 0 Å². The van der Waals surface area contributed by atoms with Gasteiger partial charge in [0, 0.05) is 4.90 Å². The quantitative estimate of drug-likeness (QED) is 0.436. The Bertz CT molecular complexity index is 414. The summed E-state index contributed by atoms with van der Waals surface area (Å²) in [6, 6.07) is 7.63. The number of hydrogen-bond acceptors (Lipinski definition) is 4. The largest absolute Gasteiger partial charge is 0.393 e. The van der Waals surface area contributed by atoms with E-state index in [0.717, 1.165) is 10.5 Å². The molecule has 0 N–H and O–H groups in total. The molecule has 0 spiro atoms. The van der Waals surface area contributed by atoms with E-state index in [1.54, 1.807) is 11.8 Å². The number of benzene rings is 1. The van der Waals surface area contributed by atoms with E-state index >= 15 is 0 Å². The molecule has 15 heavy (non-hydrogen) atoms. The van der Waals surface area contributed by atoms with E-state index in [1.165, 1.54) is 0 Å². The lowest BCUT2D eigenvalue weighted by atomic mass is 9.98. The first-order chi connectivity index (χ1) is 7.20. The summed E-state index contributed by atoms with van der Waals surface area (Å²) in [4.78, 5) is 23.4. The van der Waals surface area contributed by atoms with Crippen molar-refractivity contribution in [3.8, 4) is 0 Å². The first kappa shape index (κ1) is 10.2. The Hall–Kier alpha value is -1.29. The third-order valence-corrected chi connectivity index (χ3v) is 3.09. The minimum atomic E-state index is -0.432. The van der Waals surface area contributed by atoms with Crippen molar-refractivity contribution < 1.29 is 14.3 Å². The van der Waals surface area contributed by atoms with Crippen LogP contribution in [0.1, 0.15) is 17.9 Å². The summed E-state index contributed by atoms with van der Waals surface area (Å²) in [6.45, 7) is 0. The van der Waals surface area contributed by atoms with Crippen molar-refractivity contribution in [2.45, 2.75) is 17.2 Å². The zero-order valence-corrected chi connectivity index (χ0v) is 9.04. The predicted molar refractivity (Wildman–Crippen MR) is 56.7 cm³/mol. The monoisotopic (exact) mass is 222 g/mol. The summed E-state index contributed by atoms with van der Waals surface area (Å²) >= 11 is 1.61. The average molecular weight is 222 g/mol. The molecule has 0 aliphatic carbocycles. The van der Waals surface area contributed by atoms with E-state index in [1.807, 2.05) is 30.5 Å². The third kappa shape index (κ3) is 2.04. The third-order valence-electron chi connectivity index (χ3n) is 2.37. The molecule has 1 aliphatic heterocycles. The topological polar surface area (TPSA) is 43.4 Å². The van der Waals surface area contributed by atoms with Gasteiger partial charge in [0.25, 0.3) is 0 Å². The van der Waals surface area contributed by atoms with E-state index in [-0.39, 0.29) is 6.42 Å². The maximum Gasteiger partial charge on any atom is 0.321 e. The Morgan fingerprint density at radius 3 is 2.80 bits per heavy atom. The number of carbonyl (C=O) groups is 2. The van der Waals surface area contributed by atoms with E-state index in [0.29, 0.717) is 0 Å². The van der Waals surface area contributed by atoms with Gasteiger partial charge in [-0.2, -0.15) is 0 Å². The summed E-state index contributed by atoms with van der Waals surface area (Å²) in [5.74, 6) is -1.28. The van der Waals surface area contributed by atoms with Gasteiger partial charge < -0.3 is 4.74 Å². The lowest BCUT2D eigenvalue weighted by Crippen LogP contribution is -2.05. The highest BCUT2D eigenvalue weighted by Gasteiger charge is 2.34. The molecular weight excluding hydrogens is 212 g/mol. The van der Waals surface area contributed by atoms with E-state index in [2.05, 4.69) is 4.74 Å². The molecule has 2 rings (SSSR count). The van der Waals surface area contributed by atoms with Gasteiger partial charge in [-0.15, -0.1) is 11.8 Å². The number of rotatable bonds is 2. The standard InChI is InChI=1S/C11H10O3S/c1-15-8-4-2-3-7(5-8)9-6-10(12)14-11(9)13/h2-5,9H,6H2,1H3. The van der Waals surface area contributed by atoms with Crippen LogP contribution >= 0.6 is 11.8 Å². The van der Waals surface area contributed by atoms with Gasteiger partial charge in [0.1, 0.15) is 0 Å². The first-order valence-electron chi connectivity index (χ1n) is 4.59. The fraction of sp³-hybridized carbons (Fsp3) is 0.273. The molecule has 1 aromatic carbocycles. The van der Waals surface area contributed by atoms with Crippen LogP contribution in [0.3, 0.4) is 0 Å². The van der Waals surface area contributed by atoms with Crippen molar-refractivity contribution in [1.82, 2.24) is 0 Å². The average Bonchev–Trinajstić information content (AvgIpc) is 2.58. The molecule has 1 aliphatic rings. The number of ether oxygens (including phenoxy) is 1. The molecule has 0 radical (unpaired) electrons. The minimum absolute atomic E-state index is 0.163. The Labute approximate surface area is 91.8 Å². The molecule has 1 fully saturated rings. The van der Waals surface area contributed by atoms with Crippen LogP contribution in [-0.4, -0.2) is 18.2 Å². The number of carbonyl (C=O) groups excluding carboxylic acids is 2. The highest BCUT2D eigenvalue weighted by molar-refractivity contribution is 7.98. The number of thioether (sulfide) groups is 1. The summed E-state index contributed by atoms with van der Waals surface area (Å²) in [7, 11) is 0. The zero-order chi connectivity index (χ0) is 10.8. The van der Waals surface area contributed by atoms with Crippen LogP contribution in [0.4, 0.5) is 0 Å². The van der Waals surface area contributed by atoms with Gasteiger partial charge in [0.15, 0.2) is 0 Å². The molecule has 1 aromatic rings. The molecule has 0 aromatic heterocycles. The van der Waals surface area contributed by atoms with Crippen molar-refractivity contribution in [2.24, 2.45) is 0 Å². The second-order valence-electron chi connectivity index (χ2n) is 3.33. The van der Waals surface area contributed by atoms with Gasteiger partial charge >= 0.3 is 11.9 Å². The van der Waals surface area contributed by atoms with Crippen molar-refractivity contribution in [1.29, 1.82) is 0 Å². The lowest BCUT2D eigenvalue weighted by Gasteiger charge is -2.05. The first-order valence-corrected chi connectivity index (χ1v) is 5.81. The summed E-state index contributed by atoms with van der Waals surface area (Å²) in [5, 5.41) is 0. The van der Waals surface area contributed by atoms with Crippen LogP contribution in [0.25, 0.3) is 0 Å². The molecule has 4 heteroatoms. The molecule has 1 atom stereocenters. The van der Waals surface area contributed by atoms with Crippen LogP contribution < -0.4 is 0 Å². The van der Waals surface area contributed by atoms with Crippen LogP contribution in [0.15, 0.2) is 29.2 Å². The Morgan fingerprint density at radius 2 is 2.20 bits per heavy atom. The van der Waals surface area contributed by atoms with Gasteiger partial charge in [-0.3, -0.25) is 9.59 Å². The van der Waals surface area contributed by atoms with Gasteiger partial charge in [0.05, 0.1) is 12.3 Å². The molecule has 0 saturated carbocycles.